The highest BCUT2D eigenvalue weighted by molar-refractivity contribution is 8.01. The van der Waals surface area contributed by atoms with Crippen molar-refractivity contribution in [3.8, 4) is 0 Å². The van der Waals surface area contributed by atoms with Crippen molar-refractivity contribution >= 4 is 41.5 Å². The molecule has 0 bridgehead atoms. The molecule has 4 amide bonds. The Kier molecular flexibility index (Phi) is 11.5. The first-order valence-electron chi connectivity index (χ1n) is 17.5. The van der Waals surface area contributed by atoms with Crippen LogP contribution in [0.3, 0.4) is 0 Å². The number of alkyl carbamates (subject to hydrolysis) is 1. The van der Waals surface area contributed by atoms with E-state index >= 15 is 0 Å². The van der Waals surface area contributed by atoms with E-state index in [4.69, 9.17) is 9.47 Å². The van der Waals surface area contributed by atoms with Gasteiger partial charge in [-0.3, -0.25) is 9.59 Å². The number of carbonyl (C=O) groups is 4. The summed E-state index contributed by atoms with van der Waals surface area (Å²) >= 11 is 1.14. The predicted octanol–water partition coefficient (Wildman–Crippen LogP) is 7.63. The molecule has 3 aliphatic rings. The van der Waals surface area contributed by atoms with E-state index in [1.54, 1.807) is 34.6 Å². The average molecular weight is 733 g/mol. The number of nitrogens with one attached hydrogen (secondary N) is 1. The van der Waals surface area contributed by atoms with Gasteiger partial charge in [0.05, 0.1) is 27.6 Å². The number of hydrogen-bond acceptors (Lipinski definition) is 7. The lowest BCUT2D eigenvalue weighted by Gasteiger charge is -2.43. The van der Waals surface area contributed by atoms with Gasteiger partial charge >= 0.3 is 18.4 Å². The number of nitrogens with zero attached hydrogens (tertiary/aromatic N) is 3. The van der Waals surface area contributed by atoms with Gasteiger partial charge in [-0.2, -0.15) is 13.2 Å². The number of halogens is 3. The van der Waals surface area contributed by atoms with Gasteiger partial charge in [0.15, 0.2) is 0 Å². The summed E-state index contributed by atoms with van der Waals surface area (Å²) in [5.74, 6) is -1.09. The Labute approximate surface area is 301 Å². The molecule has 14 heteroatoms. The topological polar surface area (TPSA) is 108 Å². The highest BCUT2D eigenvalue weighted by atomic mass is 32.2. The average Bonchev–Trinajstić information content (AvgIpc) is 3.53. The molecule has 1 saturated heterocycles. The Morgan fingerprint density at radius 2 is 1.75 bits per heavy atom. The van der Waals surface area contributed by atoms with Gasteiger partial charge in [-0.15, -0.1) is 11.8 Å². The second-order valence-electron chi connectivity index (χ2n) is 14.6. The van der Waals surface area contributed by atoms with Crippen molar-refractivity contribution in [2.45, 2.75) is 113 Å². The zero-order chi connectivity index (χ0) is 37.1. The van der Waals surface area contributed by atoms with Crippen LogP contribution in [-0.2, 0) is 27.1 Å². The van der Waals surface area contributed by atoms with E-state index in [0.29, 0.717) is 32.2 Å². The fraction of sp³-hybridized carbons (Fsp3) is 0.568. The number of carbonyl (C=O) groups excluding carboxylic acids is 4. The molecular formula is C37H47F3N4O6S. The minimum absolute atomic E-state index is 0.0233. The number of alkyl halides is 3. The third kappa shape index (κ3) is 8.93. The summed E-state index contributed by atoms with van der Waals surface area (Å²) in [5, 5.41) is 2.65. The molecule has 10 nitrogen and oxygen atoms in total. The largest absolute Gasteiger partial charge is 0.445 e. The van der Waals surface area contributed by atoms with Gasteiger partial charge in [-0.1, -0.05) is 43.2 Å². The molecule has 0 aromatic heterocycles. The lowest BCUT2D eigenvalue weighted by atomic mass is 9.97. The summed E-state index contributed by atoms with van der Waals surface area (Å²) in [6.07, 6.45) is -2.52. The minimum atomic E-state index is -4.86. The van der Waals surface area contributed by atoms with E-state index in [1.807, 2.05) is 30.3 Å². The summed E-state index contributed by atoms with van der Waals surface area (Å²) in [5.41, 5.74) is -1.39. The van der Waals surface area contributed by atoms with Crippen LogP contribution in [0.25, 0.3) is 0 Å². The normalized spacial score (nSPS) is 18.8. The quantitative estimate of drug-likeness (QED) is 0.297. The number of fused-ring (bicyclic) bond motifs is 1. The van der Waals surface area contributed by atoms with Crippen molar-refractivity contribution in [3.63, 3.8) is 0 Å². The van der Waals surface area contributed by atoms with E-state index in [2.05, 4.69) is 5.32 Å². The SMILES string of the molecule is CC(C)N(C(=O)c1cc2c(cc1C(F)(F)F)SC1(CCCC1)C(=O)N2CCNC(=O)OCc1ccccc1)[C@@H]1CCCN(C(=O)OC(C)(C)C)C1. The van der Waals surface area contributed by atoms with Crippen LogP contribution in [0, 0.1) is 0 Å². The van der Waals surface area contributed by atoms with E-state index < -0.39 is 57.8 Å². The molecule has 0 unspecified atom stereocenters. The lowest BCUT2D eigenvalue weighted by molar-refractivity contribution is -0.138. The van der Waals surface area contributed by atoms with Gasteiger partial charge in [-0.05, 0) is 78.0 Å². The third-order valence-corrected chi connectivity index (χ3v) is 10.8. The van der Waals surface area contributed by atoms with Gasteiger partial charge in [-0.25, -0.2) is 9.59 Å². The summed E-state index contributed by atoms with van der Waals surface area (Å²) < 4.78 is 54.5. The monoisotopic (exact) mass is 732 g/mol. The molecule has 1 saturated carbocycles. The van der Waals surface area contributed by atoms with Gasteiger partial charge in [0.25, 0.3) is 5.91 Å². The molecule has 278 valence electrons. The van der Waals surface area contributed by atoms with Crippen LogP contribution >= 0.6 is 11.8 Å². The molecule has 1 spiro atoms. The number of ether oxygens (including phenoxy) is 2. The molecule has 1 aliphatic carbocycles. The van der Waals surface area contributed by atoms with E-state index in [9.17, 15) is 32.3 Å². The molecule has 0 radical (unpaired) electrons. The van der Waals surface area contributed by atoms with Crippen LogP contribution in [0.15, 0.2) is 47.4 Å². The van der Waals surface area contributed by atoms with Crippen molar-refractivity contribution in [2.24, 2.45) is 0 Å². The van der Waals surface area contributed by atoms with Crippen LogP contribution in [0.2, 0.25) is 0 Å². The van der Waals surface area contributed by atoms with Crippen molar-refractivity contribution < 1.29 is 41.8 Å². The van der Waals surface area contributed by atoms with Crippen molar-refractivity contribution in [1.29, 1.82) is 0 Å². The highest BCUT2D eigenvalue weighted by Crippen LogP contribution is 2.54. The van der Waals surface area contributed by atoms with Gasteiger partial charge in [0, 0.05) is 37.1 Å². The Hall–Kier alpha value is -3.94. The Morgan fingerprint density at radius 3 is 2.37 bits per heavy atom. The first kappa shape index (κ1) is 38.3. The number of likely N-dealkylation sites (tertiary alicyclic amines) is 1. The number of rotatable bonds is 8. The van der Waals surface area contributed by atoms with Crippen molar-refractivity contribution in [2.75, 3.05) is 31.1 Å². The number of piperidine rings is 1. The maximum Gasteiger partial charge on any atom is 0.417 e. The maximum absolute atomic E-state index is 14.8. The van der Waals surface area contributed by atoms with Crippen LogP contribution < -0.4 is 10.2 Å². The van der Waals surface area contributed by atoms with Gasteiger partial charge in [0.2, 0.25) is 5.91 Å². The fourth-order valence-electron chi connectivity index (χ4n) is 7.05. The number of hydrogen-bond donors (Lipinski definition) is 1. The Morgan fingerprint density at radius 1 is 1.06 bits per heavy atom. The van der Waals surface area contributed by atoms with Crippen LogP contribution in [-0.4, -0.2) is 82.4 Å². The fourth-order valence-corrected chi connectivity index (χ4v) is 8.61. The summed E-state index contributed by atoms with van der Waals surface area (Å²) in [6, 6.07) is 10.2. The highest BCUT2D eigenvalue weighted by Gasteiger charge is 2.50. The smallest absolute Gasteiger partial charge is 0.417 e. The van der Waals surface area contributed by atoms with Crippen LogP contribution in [0.4, 0.5) is 28.4 Å². The molecular weight excluding hydrogens is 685 g/mol. The zero-order valence-corrected chi connectivity index (χ0v) is 30.6. The van der Waals surface area contributed by atoms with Crippen LogP contribution in [0.5, 0.6) is 0 Å². The molecule has 1 N–H and O–H groups in total. The second kappa shape index (κ2) is 15.3. The third-order valence-electron chi connectivity index (χ3n) is 9.33. The molecule has 2 fully saturated rings. The minimum Gasteiger partial charge on any atom is -0.445 e. The summed E-state index contributed by atoms with van der Waals surface area (Å²) in [4.78, 5) is 58.5. The zero-order valence-electron chi connectivity index (χ0n) is 29.8. The predicted molar refractivity (Wildman–Crippen MR) is 188 cm³/mol. The number of anilines is 1. The summed E-state index contributed by atoms with van der Waals surface area (Å²) in [6.45, 7) is 9.22. The standard InChI is InChI=1S/C37H47F3N4O6S/c1-24(2)44(26-14-11-18-42(22-26)34(48)50-35(3,4)5)31(45)27-20-29-30(21-28(27)37(38,39)40)51-36(15-9-10-16-36)32(46)43(29)19-17-41-33(47)49-23-25-12-7-6-8-13-25/h6-8,12-13,20-21,24,26H,9-11,14-19,22-23H2,1-5H3,(H,41,47)/t26-/m1/s1. The Bertz CT molecular complexity index is 1610. The van der Waals surface area contributed by atoms with E-state index in [-0.39, 0.29) is 42.7 Å². The second-order valence-corrected chi connectivity index (χ2v) is 16.1. The first-order chi connectivity index (χ1) is 24.0. The Balaban J connectivity index is 1.44. The van der Waals surface area contributed by atoms with E-state index in [1.165, 1.54) is 20.8 Å². The molecule has 2 heterocycles. The summed E-state index contributed by atoms with van der Waals surface area (Å²) in [7, 11) is 0. The van der Waals surface area contributed by atoms with Gasteiger partial charge < -0.3 is 29.5 Å². The van der Waals surface area contributed by atoms with E-state index in [0.717, 1.165) is 36.2 Å². The molecule has 2 aromatic carbocycles. The number of thioether (sulfide) groups is 1. The number of benzene rings is 2. The molecule has 1 atom stereocenters. The molecule has 51 heavy (non-hydrogen) atoms. The molecule has 2 aliphatic heterocycles. The van der Waals surface area contributed by atoms with Crippen LogP contribution in [0.1, 0.15) is 94.6 Å². The lowest BCUT2D eigenvalue weighted by Crippen LogP contribution is -2.55. The van der Waals surface area contributed by atoms with Crippen molar-refractivity contribution in [1.82, 2.24) is 15.1 Å². The number of amides is 4. The maximum atomic E-state index is 14.8. The molecule has 2 aromatic rings. The van der Waals surface area contributed by atoms with Crippen molar-refractivity contribution in [3.05, 3.63) is 59.2 Å². The van der Waals surface area contributed by atoms with Gasteiger partial charge in [0.1, 0.15) is 12.2 Å². The molecule has 5 rings (SSSR count). The first-order valence-corrected chi connectivity index (χ1v) is 18.3.